The Kier molecular flexibility index (Phi) is 3.98. The summed E-state index contributed by atoms with van der Waals surface area (Å²) < 4.78 is 10.3. The van der Waals surface area contributed by atoms with Gasteiger partial charge in [0.1, 0.15) is 5.75 Å². The molecule has 1 N–H and O–H groups in total. The zero-order chi connectivity index (χ0) is 12.1. The van der Waals surface area contributed by atoms with Crippen molar-refractivity contribution in [3.8, 4) is 5.75 Å². The van der Waals surface area contributed by atoms with Gasteiger partial charge in [-0.3, -0.25) is 0 Å². The predicted octanol–water partition coefficient (Wildman–Crippen LogP) is 1.27. The molecule has 1 aliphatic rings. The van der Waals surface area contributed by atoms with Crippen molar-refractivity contribution in [1.82, 2.24) is 5.32 Å². The third kappa shape index (κ3) is 2.97. The average molecular weight is 235 g/mol. The van der Waals surface area contributed by atoms with Gasteiger partial charge in [0.15, 0.2) is 6.61 Å². The Morgan fingerprint density at radius 2 is 2.35 bits per heavy atom. The highest BCUT2D eigenvalue weighted by molar-refractivity contribution is 5.71. The summed E-state index contributed by atoms with van der Waals surface area (Å²) in [5, 5.41) is 3.31. The van der Waals surface area contributed by atoms with E-state index < -0.39 is 0 Å². The summed E-state index contributed by atoms with van der Waals surface area (Å²) in [4.78, 5) is 11.2. The number of hydrogen-bond donors (Lipinski definition) is 1. The Labute approximate surface area is 101 Å². The minimum Gasteiger partial charge on any atom is -0.482 e. The number of benzene rings is 1. The molecule has 4 nitrogen and oxygen atoms in total. The van der Waals surface area contributed by atoms with Crippen molar-refractivity contribution in [2.45, 2.75) is 19.9 Å². The van der Waals surface area contributed by atoms with Crippen LogP contribution in [0.15, 0.2) is 18.2 Å². The highest BCUT2D eigenvalue weighted by atomic mass is 16.6. The van der Waals surface area contributed by atoms with Crippen LogP contribution in [0.4, 0.5) is 0 Å². The van der Waals surface area contributed by atoms with Crippen molar-refractivity contribution >= 4 is 5.97 Å². The van der Waals surface area contributed by atoms with E-state index in [-0.39, 0.29) is 12.6 Å². The van der Waals surface area contributed by atoms with E-state index in [4.69, 9.17) is 9.47 Å². The largest absolute Gasteiger partial charge is 0.482 e. The van der Waals surface area contributed by atoms with Gasteiger partial charge in [-0.25, -0.2) is 4.79 Å². The lowest BCUT2D eigenvalue weighted by atomic mass is 10.0. The third-order valence-corrected chi connectivity index (χ3v) is 2.75. The highest BCUT2D eigenvalue weighted by Crippen LogP contribution is 2.25. The molecular weight excluding hydrogens is 218 g/mol. The van der Waals surface area contributed by atoms with Crippen molar-refractivity contribution < 1.29 is 14.3 Å². The number of nitrogens with one attached hydrogen (secondary N) is 1. The Morgan fingerprint density at radius 3 is 3.18 bits per heavy atom. The maximum absolute atomic E-state index is 11.2. The van der Waals surface area contributed by atoms with Gasteiger partial charge in [0.25, 0.3) is 0 Å². The fourth-order valence-electron chi connectivity index (χ4n) is 1.97. The summed E-state index contributed by atoms with van der Waals surface area (Å²) in [6, 6.07) is 5.94. The fourth-order valence-corrected chi connectivity index (χ4v) is 1.97. The lowest BCUT2D eigenvalue weighted by Gasteiger charge is -2.20. The van der Waals surface area contributed by atoms with Crippen LogP contribution in [0, 0.1) is 0 Å². The van der Waals surface area contributed by atoms with Gasteiger partial charge < -0.3 is 14.8 Å². The lowest BCUT2D eigenvalue weighted by Crippen LogP contribution is -2.24. The minimum atomic E-state index is -0.320. The summed E-state index contributed by atoms with van der Waals surface area (Å²) in [5.41, 5.74) is 2.45. The summed E-state index contributed by atoms with van der Waals surface area (Å²) in [7, 11) is 0. The molecule has 1 aromatic rings. The number of rotatable bonds is 4. The van der Waals surface area contributed by atoms with Gasteiger partial charge in [-0.15, -0.1) is 0 Å². The van der Waals surface area contributed by atoms with Crippen molar-refractivity contribution in [2.24, 2.45) is 0 Å². The SMILES string of the molecule is CCOC(=O)COc1cccc2c1CCNC2. The van der Waals surface area contributed by atoms with Crippen LogP contribution in [0.5, 0.6) is 5.75 Å². The lowest BCUT2D eigenvalue weighted by molar-refractivity contribution is -0.145. The van der Waals surface area contributed by atoms with Crippen LogP contribution in [0.1, 0.15) is 18.1 Å². The van der Waals surface area contributed by atoms with E-state index in [9.17, 15) is 4.79 Å². The summed E-state index contributed by atoms with van der Waals surface area (Å²) in [5.74, 6) is 0.482. The molecule has 2 rings (SSSR count). The Morgan fingerprint density at radius 1 is 1.47 bits per heavy atom. The number of carbonyl (C=O) groups excluding carboxylic acids is 1. The van der Waals surface area contributed by atoms with Crippen molar-refractivity contribution in [1.29, 1.82) is 0 Å². The maximum Gasteiger partial charge on any atom is 0.344 e. The van der Waals surface area contributed by atoms with Crippen LogP contribution in [0.25, 0.3) is 0 Å². The molecular formula is C13H17NO3. The van der Waals surface area contributed by atoms with Gasteiger partial charge in [0.05, 0.1) is 6.61 Å². The minimum absolute atomic E-state index is 0.0161. The molecule has 92 valence electrons. The van der Waals surface area contributed by atoms with E-state index in [0.29, 0.717) is 6.61 Å². The van der Waals surface area contributed by atoms with Crippen LogP contribution in [0.2, 0.25) is 0 Å². The number of fused-ring (bicyclic) bond motifs is 1. The Balaban J connectivity index is 2.03. The van der Waals surface area contributed by atoms with Crippen LogP contribution < -0.4 is 10.1 Å². The molecule has 0 fully saturated rings. The highest BCUT2D eigenvalue weighted by Gasteiger charge is 2.14. The van der Waals surface area contributed by atoms with Gasteiger partial charge in [-0.1, -0.05) is 12.1 Å². The molecule has 0 bridgehead atoms. The zero-order valence-corrected chi connectivity index (χ0v) is 9.99. The summed E-state index contributed by atoms with van der Waals surface area (Å²) >= 11 is 0. The first-order valence-electron chi connectivity index (χ1n) is 5.91. The molecule has 0 saturated heterocycles. The Bertz CT molecular complexity index is 404. The molecule has 0 atom stereocenters. The van der Waals surface area contributed by atoms with Crippen LogP contribution in [0.3, 0.4) is 0 Å². The average Bonchev–Trinajstić information content (AvgIpc) is 2.36. The fraction of sp³-hybridized carbons (Fsp3) is 0.462. The van der Waals surface area contributed by atoms with E-state index in [2.05, 4.69) is 11.4 Å². The molecule has 1 heterocycles. The zero-order valence-electron chi connectivity index (χ0n) is 9.99. The summed E-state index contributed by atoms with van der Waals surface area (Å²) in [6.45, 7) is 3.98. The molecule has 0 aliphatic carbocycles. The molecule has 0 spiro atoms. The van der Waals surface area contributed by atoms with E-state index >= 15 is 0 Å². The van der Waals surface area contributed by atoms with E-state index in [1.54, 1.807) is 6.92 Å². The molecule has 4 heteroatoms. The quantitative estimate of drug-likeness (QED) is 0.798. The normalized spacial score (nSPS) is 13.9. The number of hydrogen-bond acceptors (Lipinski definition) is 4. The van der Waals surface area contributed by atoms with Gasteiger partial charge in [0, 0.05) is 6.54 Å². The van der Waals surface area contributed by atoms with Crippen molar-refractivity contribution in [3.63, 3.8) is 0 Å². The molecule has 0 aromatic heterocycles. The number of esters is 1. The van der Waals surface area contributed by atoms with Gasteiger partial charge >= 0.3 is 5.97 Å². The van der Waals surface area contributed by atoms with Gasteiger partial charge in [-0.2, -0.15) is 0 Å². The molecule has 0 radical (unpaired) electrons. The van der Waals surface area contributed by atoms with Crippen LogP contribution in [-0.4, -0.2) is 25.7 Å². The third-order valence-electron chi connectivity index (χ3n) is 2.75. The van der Waals surface area contributed by atoms with E-state index in [1.165, 1.54) is 11.1 Å². The molecule has 17 heavy (non-hydrogen) atoms. The second-order valence-corrected chi connectivity index (χ2v) is 3.91. The Hall–Kier alpha value is -1.55. The monoisotopic (exact) mass is 235 g/mol. The predicted molar refractivity (Wildman–Crippen MR) is 64.0 cm³/mol. The topological polar surface area (TPSA) is 47.6 Å². The van der Waals surface area contributed by atoms with Gasteiger partial charge in [-0.05, 0) is 37.1 Å². The summed E-state index contributed by atoms with van der Waals surface area (Å²) in [6.07, 6.45) is 0.939. The first-order valence-corrected chi connectivity index (χ1v) is 5.91. The van der Waals surface area contributed by atoms with Crippen molar-refractivity contribution in [2.75, 3.05) is 19.8 Å². The second kappa shape index (κ2) is 5.68. The first-order chi connectivity index (χ1) is 8.31. The standard InChI is InChI=1S/C13H17NO3/c1-2-16-13(15)9-17-12-5-3-4-10-8-14-7-6-11(10)12/h3-5,14H,2,6-9H2,1H3. The van der Waals surface area contributed by atoms with Gasteiger partial charge in [0.2, 0.25) is 0 Å². The molecule has 0 unspecified atom stereocenters. The maximum atomic E-state index is 11.2. The van der Waals surface area contributed by atoms with Crippen LogP contribution >= 0.6 is 0 Å². The second-order valence-electron chi connectivity index (χ2n) is 3.91. The number of carbonyl (C=O) groups is 1. The van der Waals surface area contributed by atoms with Crippen LogP contribution in [-0.2, 0) is 22.5 Å². The molecule has 0 amide bonds. The first kappa shape index (κ1) is 11.9. The smallest absolute Gasteiger partial charge is 0.344 e. The van der Waals surface area contributed by atoms with Crippen molar-refractivity contribution in [3.05, 3.63) is 29.3 Å². The number of ether oxygens (including phenoxy) is 2. The van der Waals surface area contributed by atoms with E-state index in [0.717, 1.165) is 25.3 Å². The molecule has 1 aliphatic heterocycles. The molecule has 1 aromatic carbocycles. The van der Waals surface area contributed by atoms with E-state index in [1.807, 2.05) is 12.1 Å². The molecule has 0 saturated carbocycles.